The van der Waals surface area contributed by atoms with Crippen molar-refractivity contribution in [2.75, 3.05) is 0 Å². The first kappa shape index (κ1) is 25.7. The van der Waals surface area contributed by atoms with Crippen molar-refractivity contribution >= 4 is 73.2 Å². The molecule has 0 amide bonds. The number of pyridine rings is 2. The molecule has 9 rings (SSSR count). The lowest BCUT2D eigenvalue weighted by molar-refractivity contribution is 1.16. The number of nitrogens with zero attached hydrogens (tertiary/aromatic N) is 4. The fraction of sp³-hybridized carbons (Fsp3) is 0.0286. The van der Waals surface area contributed by atoms with E-state index >= 15 is 0 Å². The van der Waals surface area contributed by atoms with Crippen LogP contribution in [0.3, 0.4) is 0 Å². The summed E-state index contributed by atoms with van der Waals surface area (Å²) >= 11 is 0. The Morgan fingerprint density at radius 2 is 0.930 bits per heavy atom. The molecule has 1 aliphatic rings. The Balaban J connectivity index is 0.000000657. The molecule has 0 saturated heterocycles. The van der Waals surface area contributed by atoms with Crippen LogP contribution in [0.4, 0.5) is 0 Å². The van der Waals surface area contributed by atoms with Gasteiger partial charge >= 0.3 is 0 Å². The van der Waals surface area contributed by atoms with E-state index in [2.05, 4.69) is 139 Å². The Bertz CT molecular complexity index is 2070. The lowest BCUT2D eigenvalue weighted by Gasteiger charge is -2.12. The number of benzene rings is 4. The van der Waals surface area contributed by atoms with Gasteiger partial charge < -0.3 is 9.13 Å². The fourth-order valence-electron chi connectivity index (χ4n) is 6.61. The van der Waals surface area contributed by atoms with Gasteiger partial charge in [-0.05, 0) is 77.2 Å². The first-order valence-electron chi connectivity index (χ1n) is 14.3. The Labute approximate surface area is 253 Å². The molecule has 0 saturated carbocycles. The minimum Gasteiger partial charge on any atom is -0.309 e. The Hall–Kier alpha value is -4.96. The van der Waals surface area contributed by atoms with Gasteiger partial charge in [-0.1, -0.05) is 48.5 Å². The Morgan fingerprint density at radius 1 is 0.512 bits per heavy atom. The first-order chi connectivity index (χ1) is 21.1. The van der Waals surface area contributed by atoms with Crippen molar-refractivity contribution in [2.24, 2.45) is 0 Å². The van der Waals surface area contributed by atoms with Crippen molar-refractivity contribution in [1.29, 1.82) is 0 Å². The smallest absolute Gasteiger partial charge is 0.0571 e. The molecule has 0 fully saturated rings. The quantitative estimate of drug-likeness (QED) is 0.228. The molecule has 194 valence electrons. The van der Waals surface area contributed by atoms with E-state index in [-0.39, 0.29) is 0 Å². The van der Waals surface area contributed by atoms with Gasteiger partial charge in [-0.2, -0.15) is 0 Å². The number of aromatic nitrogens is 4. The maximum atomic E-state index is 4.67. The highest BCUT2D eigenvalue weighted by molar-refractivity contribution is 7.49. The molecule has 0 spiro atoms. The van der Waals surface area contributed by atoms with Crippen LogP contribution in [-0.4, -0.2) is 48.7 Å². The molecule has 43 heavy (non-hydrogen) atoms. The van der Waals surface area contributed by atoms with Crippen molar-refractivity contribution < 1.29 is 0 Å². The largest absolute Gasteiger partial charge is 0.309 e. The summed E-state index contributed by atoms with van der Waals surface area (Å²) in [7, 11) is 14.0. The minimum absolute atomic E-state index is 0.667. The molecule has 0 bridgehead atoms. The Morgan fingerprint density at radius 3 is 1.40 bits per heavy atom. The van der Waals surface area contributed by atoms with Crippen LogP contribution in [0, 0.1) is 0 Å². The monoisotopic (exact) mass is 542 g/mol. The molecule has 4 nitrogen and oxygen atoms in total. The predicted octanol–water partition coefficient (Wildman–Crippen LogP) is 6.72. The summed E-state index contributed by atoms with van der Waals surface area (Å²) in [5, 5.41) is 4.81. The zero-order chi connectivity index (χ0) is 29.1. The summed E-state index contributed by atoms with van der Waals surface area (Å²) in [6.45, 7) is 0. The standard InChI is InChI=1S/C35H22N4.B4/c1-3-7-32-26(5-1)30-20-36-15-13-34(30)38(32)24-11-9-22-17-23-10-12-25(19-29(23)28(22)18-24)39-33-8-4-2-6-27(33)31-21-37-16-14-35(31)39;1-4(2)3/h1-16,18-21H,17H2;. The third-order valence-electron chi connectivity index (χ3n) is 8.32. The zero-order valence-corrected chi connectivity index (χ0v) is 23.4. The van der Waals surface area contributed by atoms with Gasteiger partial charge in [0.2, 0.25) is 0 Å². The van der Waals surface area contributed by atoms with Gasteiger partial charge in [0.05, 0.1) is 22.1 Å². The van der Waals surface area contributed by atoms with Gasteiger partial charge in [-0.3, -0.25) is 9.97 Å². The number of para-hydroxylation sites is 2. The minimum atomic E-state index is -0.667. The summed E-state index contributed by atoms with van der Waals surface area (Å²) in [4.78, 5) is 8.83. The molecule has 0 unspecified atom stereocenters. The summed E-state index contributed by atoms with van der Waals surface area (Å²) in [5.41, 5.74) is 12.5. The van der Waals surface area contributed by atoms with Crippen LogP contribution in [0.2, 0.25) is 0 Å². The second-order valence-corrected chi connectivity index (χ2v) is 10.9. The van der Waals surface area contributed by atoms with Crippen LogP contribution in [0.5, 0.6) is 0 Å². The molecule has 1 aliphatic carbocycles. The average Bonchev–Trinajstić information content (AvgIpc) is 3.68. The molecule has 4 aromatic heterocycles. The van der Waals surface area contributed by atoms with E-state index < -0.39 is 6.39 Å². The SMILES string of the molecule is [B]B([B])[B].c1ccc2c(c1)c1cnccc1n2-c1ccc2c(c1)-c1cc(-n3c4ccccc4c4cnccc43)ccc1C2. The molecular formula is C35H22B4N4. The molecule has 0 atom stereocenters. The molecule has 8 heteroatoms. The molecule has 4 heterocycles. The summed E-state index contributed by atoms with van der Waals surface area (Å²) in [6, 6.07) is 35.3. The van der Waals surface area contributed by atoms with Gasteiger partial charge in [-0.15, -0.1) is 0 Å². The second-order valence-electron chi connectivity index (χ2n) is 10.9. The van der Waals surface area contributed by atoms with Gasteiger partial charge in [0, 0.05) is 87.3 Å². The highest BCUT2D eigenvalue weighted by Crippen LogP contribution is 2.41. The normalized spacial score (nSPS) is 11.9. The van der Waals surface area contributed by atoms with Crippen molar-refractivity contribution in [3.8, 4) is 22.5 Å². The van der Waals surface area contributed by atoms with Crippen LogP contribution in [-0.2, 0) is 6.42 Å². The van der Waals surface area contributed by atoms with Gasteiger partial charge in [0.25, 0.3) is 0 Å². The number of hydrogen-bond donors (Lipinski definition) is 0. The number of hydrogen-bond acceptors (Lipinski definition) is 2. The van der Waals surface area contributed by atoms with E-state index in [1.807, 2.05) is 24.8 Å². The van der Waals surface area contributed by atoms with Gasteiger partial charge in [-0.25, -0.2) is 0 Å². The first-order valence-corrected chi connectivity index (χ1v) is 14.3. The third-order valence-corrected chi connectivity index (χ3v) is 8.32. The molecule has 4 aromatic carbocycles. The van der Waals surface area contributed by atoms with Crippen LogP contribution in [0.15, 0.2) is 122 Å². The van der Waals surface area contributed by atoms with E-state index in [9.17, 15) is 0 Å². The molecule has 8 aromatic rings. The maximum absolute atomic E-state index is 4.67. The van der Waals surface area contributed by atoms with E-state index in [4.69, 9.17) is 0 Å². The summed E-state index contributed by atoms with van der Waals surface area (Å²) < 4.78 is 4.74. The lowest BCUT2D eigenvalue weighted by Crippen LogP contribution is -2.11. The zero-order valence-electron chi connectivity index (χ0n) is 23.4. The lowest BCUT2D eigenvalue weighted by atomic mass is 9.08. The van der Waals surface area contributed by atoms with E-state index in [1.165, 1.54) is 77.2 Å². The average molecular weight is 542 g/mol. The Kier molecular flexibility index (Phi) is 6.04. The van der Waals surface area contributed by atoms with E-state index in [0.29, 0.717) is 0 Å². The van der Waals surface area contributed by atoms with Crippen LogP contribution < -0.4 is 0 Å². The van der Waals surface area contributed by atoms with Gasteiger partial charge in [0.1, 0.15) is 0 Å². The summed E-state index contributed by atoms with van der Waals surface area (Å²) in [5.74, 6) is 0. The number of fused-ring (bicyclic) bond motifs is 9. The van der Waals surface area contributed by atoms with E-state index in [0.717, 1.165) is 6.42 Å². The van der Waals surface area contributed by atoms with Crippen molar-refractivity contribution in [1.82, 2.24) is 19.1 Å². The van der Waals surface area contributed by atoms with E-state index in [1.54, 1.807) is 0 Å². The van der Waals surface area contributed by atoms with Crippen molar-refractivity contribution in [3.05, 3.63) is 133 Å². The molecule has 6 radical (unpaired) electrons. The highest BCUT2D eigenvalue weighted by Gasteiger charge is 2.22. The second kappa shape index (κ2) is 10.1. The van der Waals surface area contributed by atoms with Crippen molar-refractivity contribution in [2.45, 2.75) is 6.42 Å². The molecule has 0 N–H and O–H groups in total. The summed E-state index contributed by atoms with van der Waals surface area (Å²) in [6.07, 6.45) is 8.01. The third kappa shape index (κ3) is 4.12. The number of rotatable bonds is 2. The maximum Gasteiger partial charge on any atom is 0.0571 e. The predicted molar refractivity (Wildman–Crippen MR) is 182 cm³/mol. The van der Waals surface area contributed by atoms with Crippen LogP contribution in [0.25, 0.3) is 66.1 Å². The van der Waals surface area contributed by atoms with Gasteiger partial charge in [0.15, 0.2) is 0 Å². The molecule has 0 aliphatic heterocycles. The van der Waals surface area contributed by atoms with Crippen LogP contribution >= 0.6 is 0 Å². The molecular weight excluding hydrogens is 520 g/mol. The highest BCUT2D eigenvalue weighted by atomic mass is 15.0. The van der Waals surface area contributed by atoms with Crippen LogP contribution in [0.1, 0.15) is 11.1 Å². The topological polar surface area (TPSA) is 35.6 Å². The van der Waals surface area contributed by atoms with Crippen molar-refractivity contribution in [3.63, 3.8) is 0 Å². The fourth-order valence-corrected chi connectivity index (χ4v) is 6.61.